The Labute approximate surface area is 176 Å². The van der Waals surface area contributed by atoms with Gasteiger partial charge in [-0.05, 0) is 56.6 Å². The number of rotatable bonds is 12. The standard InChI is InChI=1S/C24H39N3O2/c1-18(2)16-20(17-26-15-9-8-12-19-10-4-3-5-11-19)27-24(29)22-14-7-6-13-21(22)23(25)28/h3-5,10-11,18,20-22,26H,6-9,12-17H2,1-2H3,(H2,25,28)(H,27,29)/t20?,21-,22+/m0/s1. The van der Waals surface area contributed by atoms with Crippen molar-refractivity contribution in [3.63, 3.8) is 0 Å². The number of amides is 2. The molecule has 29 heavy (non-hydrogen) atoms. The molecule has 0 bridgehead atoms. The van der Waals surface area contributed by atoms with Crippen LogP contribution in [0.3, 0.4) is 0 Å². The van der Waals surface area contributed by atoms with Crippen molar-refractivity contribution < 1.29 is 9.59 Å². The van der Waals surface area contributed by atoms with E-state index in [-0.39, 0.29) is 29.7 Å². The highest BCUT2D eigenvalue weighted by molar-refractivity contribution is 5.87. The Morgan fingerprint density at radius 3 is 2.41 bits per heavy atom. The molecule has 2 rings (SSSR count). The van der Waals surface area contributed by atoms with Crippen molar-refractivity contribution in [2.75, 3.05) is 13.1 Å². The Morgan fingerprint density at radius 1 is 1.07 bits per heavy atom. The van der Waals surface area contributed by atoms with Crippen LogP contribution >= 0.6 is 0 Å². The molecule has 4 N–H and O–H groups in total. The Hall–Kier alpha value is -1.88. The first-order valence-corrected chi connectivity index (χ1v) is 11.3. The molecular formula is C24H39N3O2. The molecule has 5 nitrogen and oxygen atoms in total. The number of aryl methyl sites for hydroxylation is 1. The molecule has 0 radical (unpaired) electrons. The molecule has 1 saturated carbocycles. The summed E-state index contributed by atoms with van der Waals surface area (Å²) in [6.45, 7) is 6.06. The summed E-state index contributed by atoms with van der Waals surface area (Å²) in [6, 6.07) is 10.7. The third kappa shape index (κ3) is 8.57. The van der Waals surface area contributed by atoms with Crippen LogP contribution < -0.4 is 16.4 Å². The van der Waals surface area contributed by atoms with Crippen LogP contribution in [0.1, 0.15) is 64.4 Å². The van der Waals surface area contributed by atoms with Crippen LogP contribution in [0.2, 0.25) is 0 Å². The van der Waals surface area contributed by atoms with Crippen molar-refractivity contribution in [1.29, 1.82) is 0 Å². The Morgan fingerprint density at radius 2 is 1.76 bits per heavy atom. The molecule has 0 saturated heterocycles. The van der Waals surface area contributed by atoms with E-state index in [1.54, 1.807) is 0 Å². The summed E-state index contributed by atoms with van der Waals surface area (Å²) in [7, 11) is 0. The molecule has 1 aromatic carbocycles. The molecule has 1 unspecified atom stereocenters. The summed E-state index contributed by atoms with van der Waals surface area (Å²) < 4.78 is 0. The molecule has 0 heterocycles. The van der Waals surface area contributed by atoms with Gasteiger partial charge in [0.1, 0.15) is 0 Å². The second-order valence-electron chi connectivity index (χ2n) is 8.88. The van der Waals surface area contributed by atoms with Gasteiger partial charge in [-0.15, -0.1) is 0 Å². The van der Waals surface area contributed by atoms with E-state index >= 15 is 0 Å². The maximum atomic E-state index is 12.9. The van der Waals surface area contributed by atoms with E-state index in [0.29, 0.717) is 5.92 Å². The molecule has 2 amide bonds. The SMILES string of the molecule is CC(C)CC(CNCCCCc1ccccc1)NC(=O)[C@@H]1CCCC[C@@H]1C(N)=O. The summed E-state index contributed by atoms with van der Waals surface area (Å²) in [5.74, 6) is -0.401. The molecule has 1 fully saturated rings. The summed E-state index contributed by atoms with van der Waals surface area (Å²) in [5.41, 5.74) is 6.93. The number of carbonyl (C=O) groups is 2. The highest BCUT2D eigenvalue weighted by Crippen LogP contribution is 2.30. The number of hydrogen-bond donors (Lipinski definition) is 3. The van der Waals surface area contributed by atoms with Gasteiger partial charge in [-0.3, -0.25) is 9.59 Å². The van der Waals surface area contributed by atoms with E-state index in [9.17, 15) is 9.59 Å². The molecule has 1 aromatic rings. The first kappa shape index (κ1) is 23.4. The van der Waals surface area contributed by atoms with E-state index in [1.165, 1.54) is 5.56 Å². The van der Waals surface area contributed by atoms with Crippen LogP contribution in [0.15, 0.2) is 30.3 Å². The Balaban J connectivity index is 1.74. The van der Waals surface area contributed by atoms with Crippen LogP contribution in [0.4, 0.5) is 0 Å². The van der Waals surface area contributed by atoms with Crippen molar-refractivity contribution in [2.24, 2.45) is 23.5 Å². The number of nitrogens with two attached hydrogens (primary N) is 1. The number of hydrogen-bond acceptors (Lipinski definition) is 3. The van der Waals surface area contributed by atoms with Crippen molar-refractivity contribution in [3.8, 4) is 0 Å². The Bertz CT molecular complexity index is 618. The molecule has 1 aliphatic rings. The van der Waals surface area contributed by atoms with Crippen molar-refractivity contribution >= 4 is 11.8 Å². The average molecular weight is 402 g/mol. The number of primary amides is 1. The van der Waals surface area contributed by atoms with Gasteiger partial charge in [-0.1, -0.05) is 57.0 Å². The average Bonchev–Trinajstić information content (AvgIpc) is 2.70. The summed E-state index contributed by atoms with van der Waals surface area (Å²) in [5, 5.41) is 6.72. The van der Waals surface area contributed by atoms with E-state index in [4.69, 9.17) is 5.73 Å². The molecule has 5 heteroatoms. The summed E-state index contributed by atoms with van der Waals surface area (Å²) in [6.07, 6.45) is 7.78. The molecule has 0 spiro atoms. The predicted octanol–water partition coefficient (Wildman–Crippen LogP) is 3.42. The fourth-order valence-corrected chi connectivity index (χ4v) is 4.36. The molecular weight excluding hydrogens is 362 g/mol. The second kappa shape index (κ2) is 12.6. The summed E-state index contributed by atoms with van der Waals surface area (Å²) in [4.78, 5) is 24.6. The highest BCUT2D eigenvalue weighted by atomic mass is 16.2. The molecule has 0 aromatic heterocycles. The normalized spacial score (nSPS) is 20.4. The third-order valence-electron chi connectivity index (χ3n) is 5.87. The number of nitrogens with one attached hydrogen (secondary N) is 2. The van der Waals surface area contributed by atoms with Crippen LogP contribution in [0, 0.1) is 17.8 Å². The van der Waals surface area contributed by atoms with Gasteiger partial charge >= 0.3 is 0 Å². The number of unbranched alkanes of at least 4 members (excludes halogenated alkanes) is 1. The molecule has 3 atom stereocenters. The van der Waals surface area contributed by atoms with Crippen molar-refractivity contribution in [3.05, 3.63) is 35.9 Å². The quantitative estimate of drug-likeness (QED) is 0.469. The van der Waals surface area contributed by atoms with Gasteiger partial charge in [0, 0.05) is 24.4 Å². The monoisotopic (exact) mass is 401 g/mol. The fraction of sp³-hybridized carbons (Fsp3) is 0.667. The van der Waals surface area contributed by atoms with Gasteiger partial charge in [0.25, 0.3) is 0 Å². The van der Waals surface area contributed by atoms with E-state index in [2.05, 4.69) is 48.7 Å². The minimum absolute atomic E-state index is 0.00466. The van der Waals surface area contributed by atoms with Gasteiger partial charge in [0.2, 0.25) is 11.8 Å². The predicted molar refractivity (Wildman–Crippen MR) is 118 cm³/mol. The van der Waals surface area contributed by atoms with Crippen molar-refractivity contribution in [1.82, 2.24) is 10.6 Å². The van der Waals surface area contributed by atoms with Gasteiger partial charge in [0.05, 0.1) is 0 Å². The minimum atomic E-state index is -0.332. The van der Waals surface area contributed by atoms with Gasteiger partial charge < -0.3 is 16.4 Å². The van der Waals surface area contributed by atoms with Crippen LogP contribution in [0.5, 0.6) is 0 Å². The topological polar surface area (TPSA) is 84.2 Å². The zero-order valence-electron chi connectivity index (χ0n) is 18.2. The highest BCUT2D eigenvalue weighted by Gasteiger charge is 2.35. The second-order valence-corrected chi connectivity index (χ2v) is 8.88. The number of carbonyl (C=O) groups excluding carboxylic acids is 2. The van der Waals surface area contributed by atoms with E-state index < -0.39 is 0 Å². The number of benzene rings is 1. The van der Waals surface area contributed by atoms with Crippen LogP contribution in [-0.2, 0) is 16.0 Å². The first-order chi connectivity index (χ1) is 14.0. The van der Waals surface area contributed by atoms with E-state index in [1.807, 2.05) is 6.07 Å². The lowest BCUT2D eigenvalue weighted by atomic mass is 9.78. The lowest BCUT2D eigenvalue weighted by molar-refractivity contribution is -0.135. The van der Waals surface area contributed by atoms with Gasteiger partial charge in [-0.25, -0.2) is 0 Å². The van der Waals surface area contributed by atoms with Gasteiger partial charge in [0.15, 0.2) is 0 Å². The summed E-state index contributed by atoms with van der Waals surface area (Å²) >= 11 is 0. The fourth-order valence-electron chi connectivity index (χ4n) is 4.36. The lowest BCUT2D eigenvalue weighted by Gasteiger charge is -2.30. The minimum Gasteiger partial charge on any atom is -0.369 e. The third-order valence-corrected chi connectivity index (χ3v) is 5.87. The first-order valence-electron chi connectivity index (χ1n) is 11.3. The molecule has 0 aliphatic heterocycles. The van der Waals surface area contributed by atoms with Crippen LogP contribution in [0.25, 0.3) is 0 Å². The van der Waals surface area contributed by atoms with Crippen LogP contribution in [-0.4, -0.2) is 30.9 Å². The maximum absolute atomic E-state index is 12.9. The largest absolute Gasteiger partial charge is 0.369 e. The zero-order chi connectivity index (χ0) is 21.1. The Kier molecular flexibility index (Phi) is 10.2. The molecule has 162 valence electrons. The van der Waals surface area contributed by atoms with E-state index in [0.717, 1.165) is 64.5 Å². The van der Waals surface area contributed by atoms with Crippen molar-refractivity contribution in [2.45, 2.75) is 71.3 Å². The van der Waals surface area contributed by atoms with Gasteiger partial charge in [-0.2, -0.15) is 0 Å². The maximum Gasteiger partial charge on any atom is 0.224 e. The molecule has 1 aliphatic carbocycles. The zero-order valence-corrected chi connectivity index (χ0v) is 18.2. The lowest BCUT2D eigenvalue weighted by Crippen LogP contribution is -2.48. The smallest absolute Gasteiger partial charge is 0.224 e.